The van der Waals surface area contributed by atoms with Gasteiger partial charge < -0.3 is 15.1 Å². The van der Waals surface area contributed by atoms with Gasteiger partial charge in [0.15, 0.2) is 0 Å². The molecule has 2 aromatic rings. The maximum absolute atomic E-state index is 12.4. The summed E-state index contributed by atoms with van der Waals surface area (Å²) in [5.41, 5.74) is 1.68. The Morgan fingerprint density at radius 2 is 1.60 bits per heavy atom. The largest absolute Gasteiger partial charge is 0.473 e. The molecule has 1 aliphatic heterocycles. The minimum atomic E-state index is -1.82. The molecule has 30 heavy (non-hydrogen) atoms. The minimum absolute atomic E-state index is 0.0207. The second-order valence-corrected chi connectivity index (χ2v) is 6.34. The van der Waals surface area contributed by atoms with E-state index in [4.69, 9.17) is 19.8 Å². The zero-order valence-corrected chi connectivity index (χ0v) is 15.9. The monoisotopic (exact) mass is 416 g/mol. The molecule has 1 aromatic carbocycles. The van der Waals surface area contributed by atoms with Crippen molar-refractivity contribution in [2.45, 2.75) is 6.54 Å². The van der Waals surface area contributed by atoms with Gasteiger partial charge in [-0.25, -0.2) is 9.59 Å². The Labute approximate surface area is 171 Å². The molecule has 1 aromatic heterocycles. The minimum Gasteiger partial charge on any atom is -0.473 e. The van der Waals surface area contributed by atoms with E-state index in [0.717, 1.165) is 18.7 Å². The van der Waals surface area contributed by atoms with Gasteiger partial charge in [-0.05, 0) is 17.7 Å². The molecule has 11 nitrogen and oxygen atoms in total. The van der Waals surface area contributed by atoms with E-state index < -0.39 is 11.9 Å². The van der Waals surface area contributed by atoms with Crippen LogP contribution in [0.4, 0.5) is 5.69 Å². The van der Waals surface area contributed by atoms with Crippen molar-refractivity contribution < 1.29 is 29.5 Å². The van der Waals surface area contributed by atoms with Crippen molar-refractivity contribution >= 4 is 23.5 Å². The number of pyridine rings is 1. The average Bonchev–Trinajstić information content (AvgIpc) is 2.75. The standard InChI is InChI=1S/C17H18N4O3.C2H2O4/c22-17(15-4-6-18-7-5-15)20-10-8-19(9-11-20)13-14-2-1-3-16(12-14)21(23)24;3-1(4)2(5)6/h1-7,12H,8-11,13H2;(H,3,4)(H,5,6). The molecule has 1 aliphatic rings. The van der Waals surface area contributed by atoms with Crippen molar-refractivity contribution in [3.05, 3.63) is 70.0 Å². The fraction of sp³-hybridized carbons (Fsp3) is 0.263. The van der Waals surface area contributed by atoms with E-state index in [1.54, 1.807) is 36.7 Å². The molecule has 0 atom stereocenters. The molecule has 2 N–H and O–H groups in total. The van der Waals surface area contributed by atoms with Crippen molar-refractivity contribution in [1.29, 1.82) is 0 Å². The summed E-state index contributed by atoms with van der Waals surface area (Å²) in [6, 6.07) is 10.1. The number of nitro groups is 1. The Morgan fingerprint density at radius 3 is 2.13 bits per heavy atom. The molecule has 0 spiro atoms. The summed E-state index contributed by atoms with van der Waals surface area (Å²) in [6.45, 7) is 3.45. The van der Waals surface area contributed by atoms with Crippen molar-refractivity contribution in [2.75, 3.05) is 26.2 Å². The second-order valence-electron chi connectivity index (χ2n) is 6.34. The Morgan fingerprint density at radius 1 is 1.00 bits per heavy atom. The van der Waals surface area contributed by atoms with E-state index in [1.807, 2.05) is 11.0 Å². The van der Waals surface area contributed by atoms with Crippen LogP contribution >= 0.6 is 0 Å². The maximum Gasteiger partial charge on any atom is 0.414 e. The Balaban J connectivity index is 0.000000469. The number of benzene rings is 1. The fourth-order valence-corrected chi connectivity index (χ4v) is 2.81. The van der Waals surface area contributed by atoms with Crippen LogP contribution in [0.25, 0.3) is 0 Å². The average molecular weight is 416 g/mol. The summed E-state index contributed by atoms with van der Waals surface area (Å²) in [5.74, 6) is -3.63. The predicted molar refractivity (Wildman–Crippen MR) is 104 cm³/mol. The number of nitrogens with zero attached hydrogens (tertiary/aromatic N) is 4. The van der Waals surface area contributed by atoms with Crippen LogP contribution in [0.3, 0.4) is 0 Å². The lowest BCUT2D eigenvalue weighted by atomic mass is 10.1. The number of piperazine rings is 1. The molecule has 0 aliphatic carbocycles. The fourth-order valence-electron chi connectivity index (χ4n) is 2.81. The number of carbonyl (C=O) groups excluding carboxylic acids is 1. The van der Waals surface area contributed by atoms with Gasteiger partial charge in [0.2, 0.25) is 0 Å². The Kier molecular flexibility index (Phi) is 7.94. The zero-order valence-electron chi connectivity index (χ0n) is 15.9. The van der Waals surface area contributed by atoms with Crippen molar-refractivity contribution in [3.8, 4) is 0 Å². The number of non-ortho nitro benzene ring substituents is 1. The van der Waals surface area contributed by atoms with Crippen LogP contribution in [0.2, 0.25) is 0 Å². The molecule has 0 saturated carbocycles. The molecule has 3 rings (SSSR count). The molecule has 0 radical (unpaired) electrons. The van der Waals surface area contributed by atoms with E-state index >= 15 is 0 Å². The molecule has 1 amide bonds. The topological polar surface area (TPSA) is 154 Å². The number of hydrogen-bond donors (Lipinski definition) is 2. The summed E-state index contributed by atoms with van der Waals surface area (Å²) >= 11 is 0. The third-order valence-corrected chi connectivity index (χ3v) is 4.30. The highest BCUT2D eigenvalue weighted by molar-refractivity contribution is 6.27. The number of rotatable bonds is 4. The Hall–Kier alpha value is -3.86. The van der Waals surface area contributed by atoms with Crippen LogP contribution in [-0.2, 0) is 16.1 Å². The van der Waals surface area contributed by atoms with E-state index in [-0.39, 0.29) is 16.5 Å². The first-order valence-electron chi connectivity index (χ1n) is 8.89. The van der Waals surface area contributed by atoms with Crippen molar-refractivity contribution in [3.63, 3.8) is 0 Å². The highest BCUT2D eigenvalue weighted by Crippen LogP contribution is 2.16. The number of amides is 1. The predicted octanol–water partition coefficient (Wildman–Crippen LogP) is 1.10. The highest BCUT2D eigenvalue weighted by atomic mass is 16.6. The van der Waals surface area contributed by atoms with E-state index in [9.17, 15) is 14.9 Å². The van der Waals surface area contributed by atoms with Gasteiger partial charge in [-0.15, -0.1) is 0 Å². The molecule has 1 fully saturated rings. The summed E-state index contributed by atoms with van der Waals surface area (Å²) in [6.07, 6.45) is 3.23. The third kappa shape index (κ3) is 6.63. The molecule has 11 heteroatoms. The third-order valence-electron chi connectivity index (χ3n) is 4.30. The Bertz CT molecular complexity index is 900. The lowest BCUT2D eigenvalue weighted by Gasteiger charge is -2.34. The molecule has 2 heterocycles. The number of aliphatic carboxylic acids is 2. The SMILES string of the molecule is O=C(O)C(=O)O.O=C(c1ccncc1)N1CCN(Cc2cccc([N+](=O)[O-])c2)CC1. The second kappa shape index (κ2) is 10.6. The summed E-state index contributed by atoms with van der Waals surface area (Å²) in [4.78, 5) is 49.0. The van der Waals surface area contributed by atoms with E-state index in [1.165, 1.54) is 6.07 Å². The highest BCUT2D eigenvalue weighted by Gasteiger charge is 2.22. The van der Waals surface area contributed by atoms with Crippen molar-refractivity contribution in [1.82, 2.24) is 14.8 Å². The smallest absolute Gasteiger partial charge is 0.414 e. The van der Waals surface area contributed by atoms with Gasteiger partial charge in [0.05, 0.1) is 4.92 Å². The number of aromatic nitrogens is 1. The van der Waals surface area contributed by atoms with Gasteiger partial charge in [-0.3, -0.25) is 24.8 Å². The van der Waals surface area contributed by atoms with Crippen LogP contribution in [-0.4, -0.2) is 73.9 Å². The van der Waals surface area contributed by atoms with Gasteiger partial charge >= 0.3 is 11.9 Å². The first-order valence-corrected chi connectivity index (χ1v) is 8.89. The normalized spacial score (nSPS) is 13.7. The lowest BCUT2D eigenvalue weighted by Crippen LogP contribution is -2.48. The quantitative estimate of drug-likeness (QED) is 0.423. The number of nitro benzene ring substituents is 1. The van der Waals surface area contributed by atoms with Gasteiger partial charge in [-0.1, -0.05) is 12.1 Å². The zero-order chi connectivity index (χ0) is 22.1. The summed E-state index contributed by atoms with van der Waals surface area (Å²) in [7, 11) is 0. The van der Waals surface area contributed by atoms with Gasteiger partial charge in [0.25, 0.3) is 11.6 Å². The van der Waals surface area contributed by atoms with Crippen molar-refractivity contribution in [2.24, 2.45) is 0 Å². The van der Waals surface area contributed by atoms with Crippen LogP contribution in [0, 0.1) is 10.1 Å². The van der Waals surface area contributed by atoms with E-state index in [0.29, 0.717) is 25.2 Å². The van der Waals surface area contributed by atoms with Crippen LogP contribution < -0.4 is 0 Å². The molecular weight excluding hydrogens is 396 g/mol. The van der Waals surface area contributed by atoms with Crippen LogP contribution in [0.5, 0.6) is 0 Å². The van der Waals surface area contributed by atoms with Gasteiger partial charge in [0.1, 0.15) is 0 Å². The van der Waals surface area contributed by atoms with Crippen LogP contribution in [0.1, 0.15) is 15.9 Å². The molecule has 158 valence electrons. The van der Waals surface area contributed by atoms with Crippen LogP contribution in [0.15, 0.2) is 48.8 Å². The molecule has 0 unspecified atom stereocenters. The molecule has 1 saturated heterocycles. The first-order chi connectivity index (χ1) is 14.3. The number of carbonyl (C=O) groups is 3. The van der Waals surface area contributed by atoms with Gasteiger partial charge in [0, 0.05) is 62.8 Å². The van der Waals surface area contributed by atoms with E-state index in [2.05, 4.69) is 9.88 Å². The number of carboxylic acid groups (broad SMARTS) is 2. The first kappa shape index (κ1) is 22.4. The molecular formula is C19H20N4O7. The van der Waals surface area contributed by atoms with Gasteiger partial charge in [-0.2, -0.15) is 0 Å². The summed E-state index contributed by atoms with van der Waals surface area (Å²) < 4.78 is 0. The summed E-state index contributed by atoms with van der Waals surface area (Å²) in [5, 5.41) is 25.6. The maximum atomic E-state index is 12.4. The molecule has 0 bridgehead atoms. The number of carboxylic acids is 2. The lowest BCUT2D eigenvalue weighted by molar-refractivity contribution is -0.384. The number of hydrogen-bond acceptors (Lipinski definition) is 7.